The fourth-order valence-electron chi connectivity index (χ4n) is 1.51. The van der Waals surface area contributed by atoms with E-state index in [4.69, 9.17) is 4.74 Å². The molecule has 0 aromatic carbocycles. The molecule has 6 heteroatoms. The Morgan fingerprint density at radius 2 is 2.07 bits per heavy atom. The highest BCUT2D eigenvalue weighted by Gasteiger charge is 2.40. The minimum Gasteiger partial charge on any atom is -0.374 e. The lowest BCUT2D eigenvalue weighted by Gasteiger charge is -2.17. The molecule has 2 nitrogen and oxygen atoms in total. The van der Waals surface area contributed by atoms with E-state index in [1.54, 1.807) is 0 Å². The Balaban J connectivity index is 2.16. The third-order valence-corrected chi connectivity index (χ3v) is 2.37. The zero-order chi connectivity index (χ0) is 11.5. The Morgan fingerprint density at radius 3 is 2.53 bits per heavy atom. The Morgan fingerprint density at radius 1 is 1.40 bits per heavy atom. The molecule has 0 aliphatic carbocycles. The van der Waals surface area contributed by atoms with E-state index in [1.807, 2.05) is 6.92 Å². The largest absolute Gasteiger partial charge is 0.374 e. The third-order valence-electron chi connectivity index (χ3n) is 2.37. The zero-order valence-electron chi connectivity index (χ0n) is 8.48. The van der Waals surface area contributed by atoms with Gasteiger partial charge in [-0.1, -0.05) is 0 Å². The summed E-state index contributed by atoms with van der Waals surface area (Å²) in [6.07, 6.45) is -1.94. The van der Waals surface area contributed by atoms with Gasteiger partial charge in [-0.3, -0.25) is 0 Å². The van der Waals surface area contributed by atoms with Crippen LogP contribution in [0.4, 0.5) is 17.6 Å². The number of hydrogen-bond donors (Lipinski definition) is 1. The van der Waals surface area contributed by atoms with Crippen molar-refractivity contribution in [2.75, 3.05) is 13.1 Å². The van der Waals surface area contributed by atoms with Crippen molar-refractivity contribution < 1.29 is 22.3 Å². The van der Waals surface area contributed by atoms with Gasteiger partial charge < -0.3 is 10.1 Å². The number of ether oxygens (including phenoxy) is 1. The molecule has 0 amide bonds. The van der Waals surface area contributed by atoms with Gasteiger partial charge in [0.15, 0.2) is 0 Å². The quantitative estimate of drug-likeness (QED) is 0.728. The zero-order valence-corrected chi connectivity index (χ0v) is 8.48. The average Bonchev–Trinajstić information content (AvgIpc) is 2.51. The number of rotatable bonds is 5. The van der Waals surface area contributed by atoms with E-state index in [-0.39, 0.29) is 18.8 Å². The summed E-state index contributed by atoms with van der Waals surface area (Å²) in [6, 6.07) is 0. The van der Waals surface area contributed by atoms with Gasteiger partial charge in [0.05, 0.1) is 18.8 Å². The summed E-state index contributed by atoms with van der Waals surface area (Å²) in [5.74, 6) is -3.95. The van der Waals surface area contributed by atoms with E-state index in [9.17, 15) is 17.6 Å². The van der Waals surface area contributed by atoms with E-state index in [0.29, 0.717) is 0 Å². The second kappa shape index (κ2) is 5.12. The summed E-state index contributed by atoms with van der Waals surface area (Å²) in [5.41, 5.74) is 0. The summed E-state index contributed by atoms with van der Waals surface area (Å²) in [6.45, 7) is 1.10. The smallest absolute Gasteiger partial charge is 0.319 e. The fraction of sp³-hybridized carbons (Fsp3) is 1.00. The van der Waals surface area contributed by atoms with Crippen LogP contribution in [0.2, 0.25) is 0 Å². The van der Waals surface area contributed by atoms with Crippen LogP contribution in [0.15, 0.2) is 0 Å². The number of alkyl halides is 4. The summed E-state index contributed by atoms with van der Waals surface area (Å²) in [7, 11) is 0. The van der Waals surface area contributed by atoms with Gasteiger partial charge in [-0.05, 0) is 19.8 Å². The van der Waals surface area contributed by atoms with Gasteiger partial charge in [-0.15, -0.1) is 0 Å². The molecule has 0 aromatic rings. The van der Waals surface area contributed by atoms with Crippen LogP contribution in [-0.4, -0.2) is 37.6 Å². The summed E-state index contributed by atoms with van der Waals surface area (Å²) in [4.78, 5) is 0. The second-order valence-electron chi connectivity index (χ2n) is 3.84. The SMILES string of the molecule is CC1CCC(CNCC(F)(F)C(F)F)O1. The van der Waals surface area contributed by atoms with Gasteiger partial charge in [-0.2, -0.15) is 8.78 Å². The average molecular weight is 229 g/mol. The molecule has 1 N–H and O–H groups in total. The van der Waals surface area contributed by atoms with Crippen LogP contribution in [0.3, 0.4) is 0 Å². The molecule has 0 radical (unpaired) electrons. The first kappa shape index (κ1) is 12.7. The van der Waals surface area contributed by atoms with E-state index in [0.717, 1.165) is 12.8 Å². The maximum atomic E-state index is 12.4. The molecule has 2 atom stereocenters. The molecular formula is C9H15F4NO. The first-order valence-electron chi connectivity index (χ1n) is 4.94. The van der Waals surface area contributed by atoms with Gasteiger partial charge in [-0.25, -0.2) is 8.78 Å². The molecule has 15 heavy (non-hydrogen) atoms. The molecule has 1 aliphatic heterocycles. The van der Waals surface area contributed by atoms with E-state index in [2.05, 4.69) is 5.32 Å². The van der Waals surface area contributed by atoms with Gasteiger partial charge in [0.25, 0.3) is 0 Å². The second-order valence-corrected chi connectivity index (χ2v) is 3.84. The van der Waals surface area contributed by atoms with Crippen LogP contribution in [0.1, 0.15) is 19.8 Å². The van der Waals surface area contributed by atoms with Crippen LogP contribution in [0, 0.1) is 0 Å². The fourth-order valence-corrected chi connectivity index (χ4v) is 1.51. The van der Waals surface area contributed by atoms with Crippen LogP contribution in [0.25, 0.3) is 0 Å². The van der Waals surface area contributed by atoms with Crippen molar-refractivity contribution in [1.82, 2.24) is 5.32 Å². The summed E-state index contributed by atoms with van der Waals surface area (Å²) >= 11 is 0. The Labute approximate surface area is 86.0 Å². The molecule has 0 aromatic heterocycles. The molecule has 2 unspecified atom stereocenters. The van der Waals surface area contributed by atoms with Crippen LogP contribution in [-0.2, 0) is 4.74 Å². The summed E-state index contributed by atoms with van der Waals surface area (Å²) < 4.78 is 53.7. The molecule has 90 valence electrons. The standard InChI is InChI=1S/C9H15F4NO/c1-6-2-3-7(15-6)4-14-5-9(12,13)8(10)11/h6-8,14H,2-5H2,1H3. The first-order valence-corrected chi connectivity index (χ1v) is 4.94. The van der Waals surface area contributed by atoms with Crippen molar-refractivity contribution in [3.05, 3.63) is 0 Å². The molecule has 0 bridgehead atoms. The molecule has 1 saturated heterocycles. The Hall–Kier alpha value is -0.360. The molecule has 1 aliphatic rings. The van der Waals surface area contributed by atoms with Crippen LogP contribution in [0.5, 0.6) is 0 Å². The maximum absolute atomic E-state index is 12.4. The Bertz CT molecular complexity index is 201. The van der Waals surface area contributed by atoms with Crippen molar-refractivity contribution in [3.63, 3.8) is 0 Å². The Kier molecular flexibility index (Phi) is 4.33. The first-order chi connectivity index (χ1) is 6.92. The van der Waals surface area contributed by atoms with Gasteiger partial charge in [0.2, 0.25) is 0 Å². The number of nitrogens with one attached hydrogen (secondary N) is 1. The highest BCUT2D eigenvalue weighted by Crippen LogP contribution is 2.22. The van der Waals surface area contributed by atoms with Gasteiger partial charge >= 0.3 is 12.3 Å². The predicted octanol–water partition coefficient (Wildman–Crippen LogP) is 2.04. The minimum atomic E-state index is -3.95. The van der Waals surface area contributed by atoms with Crippen molar-refractivity contribution in [1.29, 1.82) is 0 Å². The summed E-state index contributed by atoms with van der Waals surface area (Å²) in [5, 5.41) is 2.31. The van der Waals surface area contributed by atoms with E-state index in [1.165, 1.54) is 0 Å². The molecule has 0 spiro atoms. The highest BCUT2D eigenvalue weighted by molar-refractivity contribution is 4.76. The van der Waals surface area contributed by atoms with Gasteiger partial charge in [0, 0.05) is 6.54 Å². The highest BCUT2D eigenvalue weighted by atomic mass is 19.3. The molecular weight excluding hydrogens is 214 g/mol. The van der Waals surface area contributed by atoms with Crippen molar-refractivity contribution in [2.24, 2.45) is 0 Å². The van der Waals surface area contributed by atoms with Crippen molar-refractivity contribution in [2.45, 2.75) is 44.3 Å². The third kappa shape index (κ3) is 3.95. The lowest BCUT2D eigenvalue weighted by molar-refractivity contribution is -0.125. The van der Waals surface area contributed by atoms with Crippen molar-refractivity contribution in [3.8, 4) is 0 Å². The van der Waals surface area contributed by atoms with Crippen LogP contribution >= 0.6 is 0 Å². The van der Waals surface area contributed by atoms with Crippen LogP contribution < -0.4 is 5.32 Å². The van der Waals surface area contributed by atoms with E-state index >= 15 is 0 Å². The van der Waals surface area contributed by atoms with E-state index < -0.39 is 18.9 Å². The molecule has 1 fully saturated rings. The molecule has 0 saturated carbocycles. The lowest BCUT2D eigenvalue weighted by Crippen LogP contribution is -2.41. The monoisotopic (exact) mass is 229 g/mol. The van der Waals surface area contributed by atoms with Gasteiger partial charge in [0.1, 0.15) is 0 Å². The lowest BCUT2D eigenvalue weighted by atomic mass is 10.2. The van der Waals surface area contributed by atoms with Crippen molar-refractivity contribution >= 4 is 0 Å². The number of halogens is 4. The normalized spacial score (nSPS) is 27.6. The predicted molar refractivity (Wildman–Crippen MR) is 47.4 cm³/mol. The topological polar surface area (TPSA) is 21.3 Å². The molecule has 1 rings (SSSR count). The molecule has 1 heterocycles. The minimum absolute atomic E-state index is 0.131. The maximum Gasteiger partial charge on any atom is 0.319 e. The number of hydrogen-bond acceptors (Lipinski definition) is 2.